The zero-order valence-electron chi connectivity index (χ0n) is 4.54. The van der Waals surface area contributed by atoms with Crippen molar-refractivity contribution in [2.75, 3.05) is 0 Å². The van der Waals surface area contributed by atoms with E-state index in [0.29, 0.717) is 4.48 Å². The minimum atomic E-state index is -0.742. The molecule has 0 saturated heterocycles. The van der Waals surface area contributed by atoms with Gasteiger partial charge in [0.05, 0.1) is 4.48 Å². The molecule has 0 bridgehead atoms. The molecule has 0 aliphatic carbocycles. The van der Waals surface area contributed by atoms with Gasteiger partial charge < -0.3 is 11.5 Å². The lowest BCUT2D eigenvalue weighted by Gasteiger charge is -1.81. The van der Waals surface area contributed by atoms with Crippen LogP contribution in [0.4, 0.5) is 4.79 Å². The molecule has 0 heterocycles. The van der Waals surface area contributed by atoms with Gasteiger partial charge in [0.25, 0.3) is 0 Å². The maximum absolute atomic E-state index is 9.96. The van der Waals surface area contributed by atoms with Crippen molar-refractivity contribution in [3.63, 3.8) is 0 Å². The molecule has 0 rings (SSSR count). The molecule has 0 aliphatic rings. The molecule has 0 saturated carbocycles. The molecule has 0 aromatic heterocycles. The molecule has 4 N–H and O–H groups in total. The molecular weight excluding hydrogens is 186 g/mol. The predicted octanol–water partition coefficient (Wildman–Crippen LogP) is 0.331. The number of primary amides is 1. The lowest BCUT2D eigenvalue weighted by molar-refractivity contribution is 0.257. The van der Waals surface area contributed by atoms with Gasteiger partial charge in [0, 0.05) is 12.4 Å². The second kappa shape index (κ2) is 4.08. The molecule has 0 atom stereocenters. The average Bonchev–Trinajstić information content (AvgIpc) is 1.83. The van der Waals surface area contributed by atoms with Crippen molar-refractivity contribution in [2.24, 2.45) is 16.5 Å². The van der Waals surface area contributed by atoms with Crippen LogP contribution in [0.1, 0.15) is 0 Å². The lowest BCUT2D eigenvalue weighted by atomic mass is 10.7. The highest BCUT2D eigenvalue weighted by Gasteiger charge is 1.84. The summed E-state index contributed by atoms with van der Waals surface area (Å²) in [4.78, 5) is 13.2. The van der Waals surface area contributed by atoms with Gasteiger partial charge in [-0.15, -0.1) is 0 Å². The Morgan fingerprint density at radius 3 is 2.56 bits per heavy atom. The van der Waals surface area contributed by atoms with Gasteiger partial charge in [-0.1, -0.05) is 0 Å². The molecule has 9 heavy (non-hydrogen) atoms. The van der Waals surface area contributed by atoms with Crippen molar-refractivity contribution in [2.45, 2.75) is 0 Å². The predicted molar refractivity (Wildman–Crippen MR) is 39.3 cm³/mol. The van der Waals surface area contributed by atoms with Gasteiger partial charge in [0.15, 0.2) is 0 Å². The molecule has 0 fully saturated rings. The monoisotopic (exact) mass is 191 g/mol. The van der Waals surface area contributed by atoms with Crippen molar-refractivity contribution in [1.82, 2.24) is 0 Å². The summed E-state index contributed by atoms with van der Waals surface area (Å²) in [6.07, 6.45) is 2.48. The van der Waals surface area contributed by atoms with Gasteiger partial charge in [-0.05, 0) is 15.9 Å². The van der Waals surface area contributed by atoms with E-state index >= 15 is 0 Å². The van der Waals surface area contributed by atoms with E-state index in [2.05, 4.69) is 26.7 Å². The first-order chi connectivity index (χ1) is 4.16. The number of hydrogen-bond acceptors (Lipinski definition) is 2. The number of urea groups is 1. The Bertz CT molecular complexity index is 163. The maximum Gasteiger partial charge on any atom is 0.338 e. The van der Waals surface area contributed by atoms with Gasteiger partial charge in [0.2, 0.25) is 0 Å². The van der Waals surface area contributed by atoms with Crippen molar-refractivity contribution >= 4 is 28.2 Å². The third kappa shape index (κ3) is 5.02. The normalized spacial score (nSPS) is 12.3. The van der Waals surface area contributed by atoms with E-state index in [4.69, 9.17) is 5.73 Å². The third-order valence-electron chi connectivity index (χ3n) is 0.474. The molecule has 0 aliphatic heterocycles. The van der Waals surface area contributed by atoms with Gasteiger partial charge in [-0.3, -0.25) is 0 Å². The van der Waals surface area contributed by atoms with Crippen LogP contribution >= 0.6 is 15.9 Å². The number of aliphatic imine (C=N–C) groups is 1. The molecule has 0 spiro atoms. The molecule has 0 unspecified atom stereocenters. The van der Waals surface area contributed by atoms with Crippen LogP contribution in [-0.2, 0) is 0 Å². The fourth-order valence-electron chi connectivity index (χ4n) is 0.168. The first kappa shape index (κ1) is 8.16. The summed E-state index contributed by atoms with van der Waals surface area (Å²) in [5, 5.41) is 0. The lowest BCUT2D eigenvalue weighted by Crippen LogP contribution is -2.03. The summed E-state index contributed by atoms with van der Waals surface area (Å²) in [6.45, 7) is 0. The fourth-order valence-corrected chi connectivity index (χ4v) is 0.271. The van der Waals surface area contributed by atoms with E-state index in [0.717, 1.165) is 0 Å². The first-order valence-corrected chi connectivity index (χ1v) is 2.87. The molecule has 0 aromatic rings. The fraction of sp³-hybridized carbons (Fsp3) is 0. The zero-order chi connectivity index (χ0) is 7.28. The summed E-state index contributed by atoms with van der Waals surface area (Å²) < 4.78 is 0.515. The van der Waals surface area contributed by atoms with Crippen LogP contribution < -0.4 is 11.5 Å². The molecular formula is C4H6BrN3O. The first-order valence-electron chi connectivity index (χ1n) is 2.07. The summed E-state index contributed by atoms with van der Waals surface area (Å²) in [5.41, 5.74) is 9.68. The summed E-state index contributed by atoms with van der Waals surface area (Å²) in [6, 6.07) is -0.742. The Morgan fingerprint density at radius 2 is 2.22 bits per heavy atom. The molecule has 5 heteroatoms. The van der Waals surface area contributed by atoms with Crippen molar-refractivity contribution in [3.05, 3.63) is 10.7 Å². The topological polar surface area (TPSA) is 81.5 Å². The van der Waals surface area contributed by atoms with Crippen LogP contribution in [0.25, 0.3) is 0 Å². The number of allylic oxidation sites excluding steroid dienone is 1. The number of halogens is 1. The minimum Gasteiger partial charge on any atom is -0.404 e. The number of rotatable bonds is 1. The minimum absolute atomic E-state index is 0.515. The van der Waals surface area contributed by atoms with Crippen LogP contribution in [0, 0.1) is 0 Å². The Balaban J connectivity index is 3.86. The van der Waals surface area contributed by atoms with Gasteiger partial charge >= 0.3 is 6.03 Å². The Labute approximate surface area is 60.7 Å². The molecule has 0 radical (unpaired) electrons. The highest BCUT2D eigenvalue weighted by molar-refractivity contribution is 9.12. The quantitative estimate of drug-likeness (QED) is 0.587. The van der Waals surface area contributed by atoms with E-state index in [9.17, 15) is 4.79 Å². The number of amides is 2. The zero-order valence-corrected chi connectivity index (χ0v) is 6.13. The van der Waals surface area contributed by atoms with Crippen LogP contribution in [-0.4, -0.2) is 12.2 Å². The second-order valence-corrected chi connectivity index (χ2v) is 2.06. The standard InChI is InChI=1S/C4H6BrN3O/c5-3(1-6)2-8-4(7)9/h1-2H,6H2,(H2,7,9)/b3-1+,8-2+. The van der Waals surface area contributed by atoms with Crippen LogP contribution in [0.15, 0.2) is 15.7 Å². The molecule has 2 amide bonds. The molecule has 4 nitrogen and oxygen atoms in total. The van der Waals surface area contributed by atoms with E-state index in [1.165, 1.54) is 12.4 Å². The Hall–Kier alpha value is -0.840. The van der Waals surface area contributed by atoms with E-state index < -0.39 is 6.03 Å². The largest absolute Gasteiger partial charge is 0.404 e. The van der Waals surface area contributed by atoms with Crippen LogP contribution in [0.3, 0.4) is 0 Å². The van der Waals surface area contributed by atoms with Crippen LogP contribution in [0.2, 0.25) is 0 Å². The number of carbonyl (C=O) groups is 1. The highest BCUT2D eigenvalue weighted by Crippen LogP contribution is 1.96. The van der Waals surface area contributed by atoms with Crippen LogP contribution in [0.5, 0.6) is 0 Å². The van der Waals surface area contributed by atoms with E-state index in [1.54, 1.807) is 0 Å². The van der Waals surface area contributed by atoms with Crippen molar-refractivity contribution in [3.8, 4) is 0 Å². The van der Waals surface area contributed by atoms with Gasteiger partial charge in [0.1, 0.15) is 0 Å². The number of carbonyl (C=O) groups excluding carboxylic acids is 1. The van der Waals surface area contributed by atoms with E-state index in [-0.39, 0.29) is 0 Å². The number of hydrogen-bond donors (Lipinski definition) is 2. The third-order valence-corrected chi connectivity index (χ3v) is 0.943. The number of nitrogens with zero attached hydrogens (tertiary/aromatic N) is 1. The Morgan fingerprint density at radius 1 is 1.67 bits per heavy atom. The summed E-state index contributed by atoms with van der Waals surface area (Å²) in [5.74, 6) is 0. The summed E-state index contributed by atoms with van der Waals surface area (Å²) >= 11 is 2.98. The van der Waals surface area contributed by atoms with Crippen molar-refractivity contribution < 1.29 is 4.79 Å². The maximum atomic E-state index is 9.96. The smallest absolute Gasteiger partial charge is 0.338 e. The highest BCUT2D eigenvalue weighted by atomic mass is 79.9. The molecule has 0 aromatic carbocycles. The van der Waals surface area contributed by atoms with E-state index in [1.807, 2.05) is 0 Å². The van der Waals surface area contributed by atoms with Crippen molar-refractivity contribution in [1.29, 1.82) is 0 Å². The van der Waals surface area contributed by atoms with Gasteiger partial charge in [-0.25, -0.2) is 9.79 Å². The average molecular weight is 192 g/mol. The molecule has 50 valence electrons. The Kier molecular flexibility index (Phi) is 3.70. The van der Waals surface area contributed by atoms with Gasteiger partial charge in [-0.2, -0.15) is 0 Å². The SMILES string of the molecule is N/C=C(Br)\C=N\C(N)=O. The second-order valence-electron chi connectivity index (χ2n) is 1.15. The number of nitrogens with two attached hydrogens (primary N) is 2. The summed E-state index contributed by atoms with van der Waals surface area (Å²) in [7, 11) is 0.